The Bertz CT molecular complexity index is 351. The van der Waals surface area contributed by atoms with E-state index in [1.807, 2.05) is 0 Å². The van der Waals surface area contributed by atoms with Crippen LogP contribution in [0.1, 0.15) is 16.8 Å². The molecule has 2 N–H and O–H groups in total. The SMILES string of the molecule is O=C(O)c1cc(Cl)cc(OCCCO)c1. The van der Waals surface area contributed by atoms with Crippen LogP contribution in [0.4, 0.5) is 0 Å². The van der Waals surface area contributed by atoms with E-state index in [-0.39, 0.29) is 12.2 Å². The smallest absolute Gasteiger partial charge is 0.335 e. The fraction of sp³-hybridized carbons (Fsp3) is 0.300. The normalized spacial score (nSPS) is 10.0. The predicted octanol–water partition coefficient (Wildman–Crippen LogP) is 1.80. The lowest BCUT2D eigenvalue weighted by molar-refractivity contribution is 0.0696. The summed E-state index contributed by atoms with van der Waals surface area (Å²) in [6, 6.07) is 4.28. The van der Waals surface area contributed by atoms with E-state index in [1.54, 1.807) is 0 Å². The van der Waals surface area contributed by atoms with Crippen LogP contribution in [0.2, 0.25) is 5.02 Å². The molecule has 0 aliphatic rings. The van der Waals surface area contributed by atoms with Crippen LogP contribution in [0.3, 0.4) is 0 Å². The van der Waals surface area contributed by atoms with Gasteiger partial charge in [-0.25, -0.2) is 4.79 Å². The minimum absolute atomic E-state index is 0.0341. The van der Waals surface area contributed by atoms with Gasteiger partial charge in [0.1, 0.15) is 5.75 Å². The van der Waals surface area contributed by atoms with Gasteiger partial charge in [-0.05, 0) is 18.2 Å². The van der Waals surface area contributed by atoms with E-state index >= 15 is 0 Å². The zero-order valence-corrected chi connectivity index (χ0v) is 8.70. The molecule has 1 aromatic rings. The van der Waals surface area contributed by atoms with Gasteiger partial charge in [-0.15, -0.1) is 0 Å². The molecule has 4 nitrogen and oxygen atoms in total. The molecule has 0 saturated carbocycles. The number of aliphatic hydroxyl groups is 1. The molecular formula is C10H11ClO4. The Hall–Kier alpha value is -1.26. The molecule has 0 atom stereocenters. The van der Waals surface area contributed by atoms with Crippen LogP contribution >= 0.6 is 11.6 Å². The standard InChI is InChI=1S/C10H11ClO4/c11-8-4-7(10(13)14)5-9(6-8)15-3-1-2-12/h4-6,12H,1-3H2,(H,13,14). The molecule has 15 heavy (non-hydrogen) atoms. The van der Waals surface area contributed by atoms with Gasteiger partial charge in [0.2, 0.25) is 0 Å². The number of hydrogen-bond donors (Lipinski definition) is 2. The van der Waals surface area contributed by atoms with Crippen molar-refractivity contribution in [2.24, 2.45) is 0 Å². The second-order valence-electron chi connectivity index (χ2n) is 2.91. The highest BCUT2D eigenvalue weighted by molar-refractivity contribution is 6.31. The van der Waals surface area contributed by atoms with E-state index in [1.165, 1.54) is 18.2 Å². The minimum Gasteiger partial charge on any atom is -0.493 e. The van der Waals surface area contributed by atoms with Crippen LogP contribution in [0.15, 0.2) is 18.2 Å². The molecule has 0 fully saturated rings. The molecule has 82 valence electrons. The van der Waals surface area contributed by atoms with Crippen molar-refractivity contribution in [3.63, 3.8) is 0 Å². The number of carbonyl (C=O) groups is 1. The molecule has 0 amide bonds. The van der Waals surface area contributed by atoms with Gasteiger partial charge in [-0.1, -0.05) is 11.6 Å². The molecule has 0 heterocycles. The molecule has 0 aliphatic carbocycles. The molecule has 0 bridgehead atoms. The number of halogens is 1. The maximum Gasteiger partial charge on any atom is 0.335 e. The van der Waals surface area contributed by atoms with Crippen molar-refractivity contribution in [1.82, 2.24) is 0 Å². The maximum atomic E-state index is 10.7. The summed E-state index contributed by atoms with van der Waals surface area (Å²) in [5.74, 6) is -0.655. The molecule has 1 rings (SSSR count). The summed E-state index contributed by atoms with van der Waals surface area (Å²) in [4.78, 5) is 10.7. The number of carboxylic acid groups (broad SMARTS) is 1. The molecule has 0 unspecified atom stereocenters. The zero-order chi connectivity index (χ0) is 11.3. The number of ether oxygens (including phenoxy) is 1. The Morgan fingerprint density at radius 3 is 2.73 bits per heavy atom. The largest absolute Gasteiger partial charge is 0.493 e. The number of aromatic carboxylic acids is 1. The van der Waals surface area contributed by atoms with Crippen LogP contribution in [-0.2, 0) is 0 Å². The quantitative estimate of drug-likeness (QED) is 0.757. The zero-order valence-electron chi connectivity index (χ0n) is 7.94. The molecule has 5 heteroatoms. The summed E-state index contributed by atoms with van der Waals surface area (Å²) in [7, 11) is 0. The number of hydrogen-bond acceptors (Lipinski definition) is 3. The van der Waals surface area contributed by atoms with Crippen molar-refractivity contribution in [1.29, 1.82) is 0 Å². The summed E-state index contributed by atoms with van der Waals surface area (Å²) >= 11 is 5.71. The monoisotopic (exact) mass is 230 g/mol. The van der Waals surface area contributed by atoms with Gasteiger partial charge in [0.05, 0.1) is 12.2 Å². The number of benzene rings is 1. The van der Waals surface area contributed by atoms with Crippen molar-refractivity contribution in [3.05, 3.63) is 28.8 Å². The van der Waals surface area contributed by atoms with Gasteiger partial charge in [-0.2, -0.15) is 0 Å². The first-order chi connectivity index (χ1) is 7.13. The average Bonchev–Trinajstić information content (AvgIpc) is 2.17. The predicted molar refractivity (Wildman–Crippen MR) is 55.6 cm³/mol. The Balaban J connectivity index is 2.75. The first-order valence-electron chi connectivity index (χ1n) is 4.41. The topological polar surface area (TPSA) is 66.8 Å². The van der Waals surface area contributed by atoms with Crippen molar-refractivity contribution >= 4 is 17.6 Å². The van der Waals surface area contributed by atoms with E-state index in [0.29, 0.717) is 23.8 Å². The first kappa shape index (κ1) is 11.8. The Kier molecular flexibility index (Phi) is 4.39. The third-order valence-electron chi connectivity index (χ3n) is 1.69. The Labute approximate surface area is 92.1 Å². The number of carboxylic acids is 1. The lowest BCUT2D eigenvalue weighted by atomic mass is 10.2. The second-order valence-corrected chi connectivity index (χ2v) is 3.34. The van der Waals surface area contributed by atoms with E-state index in [0.717, 1.165) is 0 Å². The second kappa shape index (κ2) is 5.58. The van der Waals surface area contributed by atoms with E-state index in [2.05, 4.69) is 0 Å². The van der Waals surface area contributed by atoms with Gasteiger partial charge < -0.3 is 14.9 Å². The fourth-order valence-electron chi connectivity index (χ4n) is 1.02. The fourth-order valence-corrected chi connectivity index (χ4v) is 1.25. The third kappa shape index (κ3) is 3.77. The third-order valence-corrected chi connectivity index (χ3v) is 1.91. The lowest BCUT2D eigenvalue weighted by Crippen LogP contribution is -2.02. The first-order valence-corrected chi connectivity index (χ1v) is 4.79. The van der Waals surface area contributed by atoms with Crippen LogP contribution in [0, 0.1) is 0 Å². The van der Waals surface area contributed by atoms with Gasteiger partial charge in [0, 0.05) is 18.1 Å². The highest BCUT2D eigenvalue weighted by Crippen LogP contribution is 2.21. The average molecular weight is 231 g/mol. The Morgan fingerprint density at radius 2 is 2.13 bits per heavy atom. The summed E-state index contributed by atoms with van der Waals surface area (Å²) in [6.07, 6.45) is 0.495. The number of rotatable bonds is 5. The molecule has 0 spiro atoms. The van der Waals surface area contributed by atoms with Crippen molar-refractivity contribution in [2.75, 3.05) is 13.2 Å². The van der Waals surface area contributed by atoms with E-state index in [9.17, 15) is 4.79 Å². The molecule has 0 radical (unpaired) electrons. The van der Waals surface area contributed by atoms with Crippen LogP contribution in [-0.4, -0.2) is 29.4 Å². The van der Waals surface area contributed by atoms with Gasteiger partial charge in [0.15, 0.2) is 0 Å². The van der Waals surface area contributed by atoms with Gasteiger partial charge in [-0.3, -0.25) is 0 Å². The molecule has 0 aliphatic heterocycles. The van der Waals surface area contributed by atoms with Gasteiger partial charge in [0.25, 0.3) is 0 Å². The van der Waals surface area contributed by atoms with Crippen LogP contribution < -0.4 is 4.74 Å². The van der Waals surface area contributed by atoms with Crippen molar-refractivity contribution in [2.45, 2.75) is 6.42 Å². The highest BCUT2D eigenvalue weighted by atomic mass is 35.5. The van der Waals surface area contributed by atoms with Crippen LogP contribution in [0.25, 0.3) is 0 Å². The lowest BCUT2D eigenvalue weighted by Gasteiger charge is -2.06. The molecule has 1 aromatic carbocycles. The van der Waals surface area contributed by atoms with E-state index in [4.69, 9.17) is 26.6 Å². The van der Waals surface area contributed by atoms with Crippen molar-refractivity contribution in [3.8, 4) is 5.75 Å². The summed E-state index contributed by atoms with van der Waals surface area (Å²) in [5, 5.41) is 17.6. The van der Waals surface area contributed by atoms with E-state index < -0.39 is 5.97 Å². The number of aliphatic hydroxyl groups excluding tert-OH is 1. The maximum absolute atomic E-state index is 10.7. The molecular weight excluding hydrogens is 220 g/mol. The van der Waals surface area contributed by atoms with Crippen molar-refractivity contribution < 1.29 is 19.7 Å². The molecule has 0 saturated heterocycles. The summed E-state index contributed by atoms with van der Waals surface area (Å²) < 4.78 is 5.21. The minimum atomic E-state index is -1.05. The highest BCUT2D eigenvalue weighted by Gasteiger charge is 2.06. The van der Waals surface area contributed by atoms with Gasteiger partial charge >= 0.3 is 5.97 Å². The summed E-state index contributed by atoms with van der Waals surface area (Å²) in [5.41, 5.74) is 0.0847. The summed E-state index contributed by atoms with van der Waals surface area (Å²) in [6.45, 7) is 0.363. The Morgan fingerprint density at radius 1 is 1.40 bits per heavy atom. The van der Waals surface area contributed by atoms with Crippen LogP contribution in [0.5, 0.6) is 5.75 Å². The molecule has 0 aromatic heterocycles.